The molecule has 0 spiro atoms. The minimum atomic E-state index is -5.08. The number of halogens is 3. The van der Waals surface area contributed by atoms with Crippen molar-refractivity contribution in [1.82, 2.24) is 31.5 Å². The Balaban J connectivity index is 0.00000145. The molecule has 1 saturated heterocycles. The number of phenols is 1. The molecule has 3 aromatic rings. The van der Waals surface area contributed by atoms with Gasteiger partial charge in [-0.15, -0.1) is 0 Å². The van der Waals surface area contributed by atoms with Gasteiger partial charge in [0.2, 0.25) is 35.4 Å². The van der Waals surface area contributed by atoms with Gasteiger partial charge in [0, 0.05) is 54.2 Å². The van der Waals surface area contributed by atoms with Crippen molar-refractivity contribution < 1.29 is 66.5 Å². The molecule has 0 bridgehead atoms. The van der Waals surface area contributed by atoms with Gasteiger partial charge in [-0.1, -0.05) is 62.4 Å². The lowest BCUT2D eigenvalue weighted by molar-refractivity contribution is -0.192. The number of aliphatic carboxylic acids is 1. The summed E-state index contributed by atoms with van der Waals surface area (Å²) in [7, 11) is 0. The molecule has 1 heterocycles. The van der Waals surface area contributed by atoms with Gasteiger partial charge in [0.15, 0.2) is 11.6 Å². The van der Waals surface area contributed by atoms with Crippen molar-refractivity contribution in [3.8, 4) is 5.75 Å². The van der Waals surface area contributed by atoms with E-state index in [9.17, 15) is 56.6 Å². The van der Waals surface area contributed by atoms with E-state index in [2.05, 4.69) is 31.9 Å². The monoisotopic (exact) mass is 1010 g/mol. The standard InChI is InChI=1S/C46H58N8O9S.C2HF3O2/c1-26(2)22-35(51-38(56)24-50-43(60)36(25-64-4)53-44(61)34(52-42(59)27(3)47)23-28-15-17-29(55)18-16-28)46(63)54-21-8-14-37(54)45(62)49-20-9-19-48-33-13-7-12-32-39(33)41(58)31-11-6-5-10-30(31)40(32)57;3-2(4,5)1(6)7/h5-7,10-13,15-18,26-27,34-37,48,55H,8-9,14,19-25,47H2,1-4H3,(H,49,62)(H,50,60)(H,51,56)(H,52,59)(H,53,61);(H,6,7)/t27-,34-,35-,36-,37-;/m0./s1. The van der Waals surface area contributed by atoms with Gasteiger partial charge in [-0.2, -0.15) is 24.9 Å². The molecular formula is C48H59F3N8O11S. The second kappa shape index (κ2) is 26.3. The Morgan fingerprint density at radius 2 is 1.41 bits per heavy atom. The molecule has 384 valence electrons. The first-order valence-electron chi connectivity index (χ1n) is 22.7. The number of phenolic OH excluding ortho intramolecular Hbond substituents is 1. The number of amides is 6. The van der Waals surface area contributed by atoms with Crippen LogP contribution in [0.3, 0.4) is 0 Å². The largest absolute Gasteiger partial charge is 0.508 e. The van der Waals surface area contributed by atoms with Crippen molar-refractivity contribution in [2.75, 3.05) is 43.5 Å². The number of anilines is 1. The van der Waals surface area contributed by atoms with Crippen LogP contribution in [0.4, 0.5) is 18.9 Å². The Hall–Kier alpha value is -7.01. The lowest BCUT2D eigenvalue weighted by Gasteiger charge is -2.29. The molecule has 5 rings (SSSR count). The molecule has 1 fully saturated rings. The van der Waals surface area contributed by atoms with Crippen LogP contribution in [0, 0.1) is 5.92 Å². The van der Waals surface area contributed by atoms with E-state index >= 15 is 0 Å². The van der Waals surface area contributed by atoms with E-state index in [1.807, 2.05) is 13.8 Å². The number of fused-ring (bicyclic) bond motifs is 2. The van der Waals surface area contributed by atoms with Gasteiger partial charge in [-0.25, -0.2) is 4.79 Å². The number of alkyl halides is 3. The van der Waals surface area contributed by atoms with Gasteiger partial charge in [-0.3, -0.25) is 38.4 Å². The maximum absolute atomic E-state index is 14.0. The second-order valence-electron chi connectivity index (χ2n) is 17.2. The third-order valence-electron chi connectivity index (χ3n) is 11.2. The van der Waals surface area contributed by atoms with Crippen molar-refractivity contribution in [1.29, 1.82) is 0 Å². The van der Waals surface area contributed by atoms with Crippen molar-refractivity contribution in [3.63, 3.8) is 0 Å². The number of carbonyl (C=O) groups excluding carboxylic acids is 8. The Morgan fingerprint density at radius 1 is 0.789 bits per heavy atom. The van der Waals surface area contributed by atoms with Gasteiger partial charge in [0.1, 0.15) is 29.9 Å². The third kappa shape index (κ3) is 16.3. The Bertz CT molecular complexity index is 2440. The van der Waals surface area contributed by atoms with Crippen LogP contribution in [-0.2, 0) is 40.0 Å². The lowest BCUT2D eigenvalue weighted by Crippen LogP contribution is -2.58. The van der Waals surface area contributed by atoms with Crippen LogP contribution in [0.1, 0.15) is 83.9 Å². The zero-order valence-corrected chi connectivity index (χ0v) is 40.3. The van der Waals surface area contributed by atoms with Crippen LogP contribution in [0.15, 0.2) is 66.7 Å². The number of hydrogen-bond donors (Lipinski definition) is 9. The van der Waals surface area contributed by atoms with Crippen LogP contribution < -0.4 is 37.6 Å². The molecular weight excluding hydrogens is 954 g/mol. The van der Waals surface area contributed by atoms with Crippen molar-refractivity contribution in [3.05, 3.63) is 94.5 Å². The van der Waals surface area contributed by atoms with E-state index in [1.165, 1.54) is 35.7 Å². The van der Waals surface area contributed by atoms with E-state index in [-0.39, 0.29) is 54.3 Å². The zero-order chi connectivity index (χ0) is 52.6. The van der Waals surface area contributed by atoms with Crippen LogP contribution in [-0.4, -0.2) is 143 Å². The first kappa shape index (κ1) is 56.6. The number of rotatable bonds is 21. The number of carboxylic acids is 1. The summed E-state index contributed by atoms with van der Waals surface area (Å²) in [5.74, 6) is -6.31. The molecule has 6 amide bonds. The smallest absolute Gasteiger partial charge is 0.490 e. The number of likely N-dealkylation sites (tertiary alicyclic amines) is 1. The van der Waals surface area contributed by atoms with Gasteiger partial charge < -0.3 is 52.7 Å². The molecule has 2 aliphatic rings. The van der Waals surface area contributed by atoms with Gasteiger partial charge in [0.25, 0.3) is 0 Å². The predicted molar refractivity (Wildman–Crippen MR) is 256 cm³/mol. The van der Waals surface area contributed by atoms with Crippen molar-refractivity contribution in [2.24, 2.45) is 11.7 Å². The van der Waals surface area contributed by atoms with E-state index < -0.39 is 78.4 Å². The second-order valence-corrected chi connectivity index (χ2v) is 18.1. The van der Waals surface area contributed by atoms with Gasteiger partial charge in [0.05, 0.1) is 18.2 Å². The Kier molecular flexibility index (Phi) is 20.9. The molecule has 0 unspecified atom stereocenters. The molecule has 0 radical (unpaired) electrons. The minimum Gasteiger partial charge on any atom is -0.508 e. The molecule has 19 nitrogen and oxygen atoms in total. The third-order valence-corrected chi connectivity index (χ3v) is 11.8. The molecule has 71 heavy (non-hydrogen) atoms. The summed E-state index contributed by atoms with van der Waals surface area (Å²) in [6.45, 7) is 5.76. The number of thioether (sulfide) groups is 1. The van der Waals surface area contributed by atoms with Crippen LogP contribution >= 0.6 is 11.8 Å². The highest BCUT2D eigenvalue weighted by atomic mass is 32.2. The first-order chi connectivity index (χ1) is 33.5. The number of benzene rings is 3. The first-order valence-corrected chi connectivity index (χ1v) is 24.1. The summed E-state index contributed by atoms with van der Waals surface area (Å²) in [5.41, 5.74) is 8.29. The van der Waals surface area contributed by atoms with Gasteiger partial charge >= 0.3 is 12.1 Å². The average Bonchev–Trinajstić information content (AvgIpc) is 3.82. The Morgan fingerprint density at radius 3 is 2.01 bits per heavy atom. The fourth-order valence-electron chi connectivity index (χ4n) is 7.67. The summed E-state index contributed by atoms with van der Waals surface area (Å²) < 4.78 is 31.7. The van der Waals surface area contributed by atoms with Crippen molar-refractivity contribution in [2.45, 2.75) is 89.3 Å². The molecule has 3 aromatic carbocycles. The molecule has 23 heteroatoms. The fraction of sp³-hybridized carbons (Fsp3) is 0.438. The van der Waals surface area contributed by atoms with E-state index in [0.717, 1.165) is 0 Å². The number of nitrogens with zero attached hydrogens (tertiary/aromatic N) is 1. The highest BCUT2D eigenvalue weighted by Gasteiger charge is 2.39. The summed E-state index contributed by atoms with van der Waals surface area (Å²) in [5, 5.41) is 33.5. The normalized spacial score (nSPS) is 15.6. The molecule has 5 atom stereocenters. The number of aromatic hydroxyl groups is 1. The van der Waals surface area contributed by atoms with Crippen molar-refractivity contribution >= 4 is 70.4 Å². The van der Waals surface area contributed by atoms with Crippen LogP contribution in [0.25, 0.3) is 0 Å². The fourth-order valence-corrected chi connectivity index (χ4v) is 8.24. The topological polar surface area (TPSA) is 296 Å². The zero-order valence-electron chi connectivity index (χ0n) is 39.5. The summed E-state index contributed by atoms with van der Waals surface area (Å²) in [6.07, 6.45) is -1.51. The molecule has 0 aromatic heterocycles. The number of nitrogens with one attached hydrogen (secondary N) is 6. The van der Waals surface area contributed by atoms with Crippen LogP contribution in [0.5, 0.6) is 5.75 Å². The number of carboxylic acid groups (broad SMARTS) is 1. The summed E-state index contributed by atoms with van der Waals surface area (Å²) in [6, 6.07) is 13.1. The number of ketones is 2. The van der Waals surface area contributed by atoms with Crippen LogP contribution in [0.2, 0.25) is 0 Å². The summed E-state index contributed by atoms with van der Waals surface area (Å²) in [4.78, 5) is 117. The Labute approximate surface area is 412 Å². The number of hydrogen-bond acceptors (Lipinski definition) is 13. The average molecular weight is 1010 g/mol. The van der Waals surface area contributed by atoms with Gasteiger partial charge in [-0.05, 0) is 68.5 Å². The maximum atomic E-state index is 14.0. The van der Waals surface area contributed by atoms with E-state index in [0.29, 0.717) is 65.9 Å². The van der Waals surface area contributed by atoms with E-state index in [1.54, 1.807) is 60.9 Å². The molecule has 0 saturated carbocycles. The van der Waals surface area contributed by atoms with E-state index in [4.69, 9.17) is 15.6 Å². The quantitative estimate of drug-likeness (QED) is 0.0542. The molecule has 1 aliphatic heterocycles. The minimum absolute atomic E-state index is 0.0111. The summed E-state index contributed by atoms with van der Waals surface area (Å²) >= 11 is 1.28. The maximum Gasteiger partial charge on any atom is 0.490 e. The number of nitrogens with two attached hydrogens (primary N) is 1. The number of carbonyl (C=O) groups is 9. The molecule has 10 N–H and O–H groups in total. The highest BCUT2D eigenvalue weighted by molar-refractivity contribution is 7.98. The SMILES string of the molecule is CSC[C@H](NC(=O)[C@H](Cc1ccc(O)cc1)NC(=O)[C@H](C)N)C(=O)NCC(=O)N[C@@H](CC(C)C)C(=O)N1CCC[C@H]1C(=O)NCCCNc1cccc2c1C(=O)c1ccccc1C2=O.O=C(O)C(F)(F)F. The predicted octanol–water partition coefficient (Wildman–Crippen LogP) is 2.28. The lowest BCUT2D eigenvalue weighted by atomic mass is 9.83. The highest BCUT2D eigenvalue weighted by Crippen LogP contribution is 2.32. The molecule has 1 aliphatic carbocycles.